The first-order valence-corrected chi connectivity index (χ1v) is 8.74. The van der Waals surface area contributed by atoms with Crippen LogP contribution in [0.3, 0.4) is 0 Å². The summed E-state index contributed by atoms with van der Waals surface area (Å²) >= 11 is 0. The van der Waals surface area contributed by atoms with Gasteiger partial charge < -0.3 is 10.6 Å². The van der Waals surface area contributed by atoms with Gasteiger partial charge in [-0.05, 0) is 50.5 Å². The molecule has 2 atom stereocenters. The van der Waals surface area contributed by atoms with Gasteiger partial charge in [0.15, 0.2) is 0 Å². The number of carbonyl (C=O) groups is 1. The second-order valence-corrected chi connectivity index (χ2v) is 6.85. The third-order valence-electron chi connectivity index (χ3n) is 5.32. The van der Waals surface area contributed by atoms with Crippen LogP contribution in [0.2, 0.25) is 0 Å². The van der Waals surface area contributed by atoms with Crippen LogP contribution in [-0.4, -0.2) is 39.7 Å². The highest BCUT2D eigenvalue weighted by atomic mass is 16.2. The predicted octanol–water partition coefficient (Wildman–Crippen LogP) is 2.13. The molecule has 0 aromatic carbocycles. The highest BCUT2D eigenvalue weighted by Gasteiger charge is 2.31. The molecule has 0 spiro atoms. The van der Waals surface area contributed by atoms with Gasteiger partial charge in [0.2, 0.25) is 5.91 Å². The second-order valence-electron chi connectivity index (χ2n) is 6.85. The highest BCUT2D eigenvalue weighted by molar-refractivity contribution is 5.79. The number of likely N-dealkylation sites (tertiary alicyclic amines) is 1. The fourth-order valence-corrected chi connectivity index (χ4v) is 3.91. The Morgan fingerprint density at radius 3 is 2.73 bits per heavy atom. The number of hydrogen-bond donors (Lipinski definition) is 1. The van der Waals surface area contributed by atoms with Gasteiger partial charge in [0.1, 0.15) is 0 Å². The van der Waals surface area contributed by atoms with Crippen molar-refractivity contribution in [2.75, 3.05) is 13.1 Å². The summed E-state index contributed by atoms with van der Waals surface area (Å²) < 4.78 is 1.98. The van der Waals surface area contributed by atoms with Crippen LogP contribution < -0.4 is 5.73 Å². The summed E-state index contributed by atoms with van der Waals surface area (Å²) in [6, 6.07) is 0.222. The van der Waals surface area contributed by atoms with Gasteiger partial charge in [0.05, 0.1) is 6.20 Å². The molecule has 1 saturated heterocycles. The van der Waals surface area contributed by atoms with Crippen molar-refractivity contribution in [1.29, 1.82) is 0 Å². The molecule has 122 valence electrons. The summed E-state index contributed by atoms with van der Waals surface area (Å²) in [7, 11) is 0. The van der Waals surface area contributed by atoms with Crippen molar-refractivity contribution < 1.29 is 4.79 Å². The zero-order chi connectivity index (χ0) is 15.5. The fourth-order valence-electron chi connectivity index (χ4n) is 3.91. The minimum Gasteiger partial charge on any atom is -0.342 e. The number of aryl methyl sites for hydroxylation is 1. The Morgan fingerprint density at radius 2 is 2.09 bits per heavy atom. The van der Waals surface area contributed by atoms with Crippen LogP contribution in [0.25, 0.3) is 0 Å². The van der Waals surface area contributed by atoms with Crippen molar-refractivity contribution >= 4 is 5.91 Å². The van der Waals surface area contributed by atoms with Crippen LogP contribution in [0.1, 0.15) is 56.9 Å². The Balaban J connectivity index is 1.53. The lowest BCUT2D eigenvalue weighted by Crippen LogP contribution is -2.44. The minimum absolute atomic E-state index is 0.170. The predicted molar refractivity (Wildman–Crippen MR) is 86.4 cm³/mol. The maximum absolute atomic E-state index is 12.6. The van der Waals surface area contributed by atoms with E-state index in [4.69, 9.17) is 5.73 Å². The molecule has 1 aromatic heterocycles. The van der Waals surface area contributed by atoms with Gasteiger partial charge in [-0.2, -0.15) is 5.10 Å². The van der Waals surface area contributed by atoms with Crippen LogP contribution in [0.15, 0.2) is 12.4 Å². The van der Waals surface area contributed by atoms with E-state index < -0.39 is 0 Å². The van der Waals surface area contributed by atoms with Crippen molar-refractivity contribution in [2.45, 2.75) is 64.0 Å². The molecule has 1 aromatic rings. The molecule has 1 saturated carbocycles. The molecule has 3 rings (SSSR count). The molecule has 5 heteroatoms. The van der Waals surface area contributed by atoms with Gasteiger partial charge in [0, 0.05) is 37.8 Å². The largest absolute Gasteiger partial charge is 0.342 e. The zero-order valence-corrected chi connectivity index (χ0v) is 13.6. The van der Waals surface area contributed by atoms with Gasteiger partial charge in [0.25, 0.3) is 0 Å². The van der Waals surface area contributed by atoms with Crippen molar-refractivity contribution in [1.82, 2.24) is 14.7 Å². The number of carbonyl (C=O) groups excluding carboxylic acids is 1. The molecule has 5 nitrogen and oxygen atoms in total. The van der Waals surface area contributed by atoms with Crippen LogP contribution in [0.4, 0.5) is 0 Å². The number of nitrogens with two attached hydrogens (primary N) is 1. The number of rotatable bonds is 3. The van der Waals surface area contributed by atoms with E-state index in [0.29, 0.717) is 11.8 Å². The molecule has 0 radical (unpaired) electrons. The molecule has 1 aliphatic heterocycles. The molecule has 2 N–H and O–H groups in total. The maximum Gasteiger partial charge on any atom is 0.225 e. The summed E-state index contributed by atoms with van der Waals surface area (Å²) in [4.78, 5) is 14.7. The monoisotopic (exact) mass is 304 g/mol. The van der Waals surface area contributed by atoms with Gasteiger partial charge in [-0.25, -0.2) is 0 Å². The van der Waals surface area contributed by atoms with E-state index in [1.165, 1.54) is 5.56 Å². The van der Waals surface area contributed by atoms with Gasteiger partial charge in [-0.15, -0.1) is 0 Å². The average Bonchev–Trinajstić information content (AvgIpc) is 3.03. The van der Waals surface area contributed by atoms with E-state index in [1.807, 2.05) is 10.9 Å². The fraction of sp³-hybridized carbons (Fsp3) is 0.765. The number of piperidine rings is 1. The van der Waals surface area contributed by atoms with Gasteiger partial charge >= 0.3 is 0 Å². The molecule has 1 aliphatic carbocycles. The summed E-state index contributed by atoms with van der Waals surface area (Å²) in [6.07, 6.45) is 10.3. The first-order valence-electron chi connectivity index (χ1n) is 8.74. The Bertz CT molecular complexity index is 505. The topological polar surface area (TPSA) is 64.2 Å². The maximum atomic E-state index is 12.6. The lowest BCUT2D eigenvalue weighted by molar-refractivity contribution is -0.137. The molecule has 2 aliphatic rings. The second kappa shape index (κ2) is 6.82. The Morgan fingerprint density at radius 1 is 1.32 bits per heavy atom. The molecular weight excluding hydrogens is 276 g/mol. The number of amides is 1. The highest BCUT2D eigenvalue weighted by Crippen LogP contribution is 2.30. The zero-order valence-electron chi connectivity index (χ0n) is 13.6. The summed E-state index contributed by atoms with van der Waals surface area (Å²) in [5.41, 5.74) is 7.35. The van der Waals surface area contributed by atoms with Crippen LogP contribution >= 0.6 is 0 Å². The first-order chi connectivity index (χ1) is 10.7. The van der Waals surface area contributed by atoms with Gasteiger partial charge in [-0.1, -0.05) is 6.42 Å². The summed E-state index contributed by atoms with van der Waals surface area (Å²) in [5, 5.41) is 4.37. The molecule has 2 fully saturated rings. The number of nitrogens with zero attached hydrogens (tertiary/aromatic N) is 3. The van der Waals surface area contributed by atoms with E-state index in [-0.39, 0.29) is 12.0 Å². The Hall–Kier alpha value is -1.36. The van der Waals surface area contributed by atoms with Crippen LogP contribution in [0.5, 0.6) is 0 Å². The average molecular weight is 304 g/mol. The normalized spacial score (nSPS) is 27.1. The van der Waals surface area contributed by atoms with E-state index >= 15 is 0 Å². The quantitative estimate of drug-likeness (QED) is 0.930. The molecule has 2 heterocycles. The summed E-state index contributed by atoms with van der Waals surface area (Å²) in [6.45, 7) is 4.78. The van der Waals surface area contributed by atoms with E-state index in [9.17, 15) is 4.79 Å². The van der Waals surface area contributed by atoms with Crippen LogP contribution in [0, 0.1) is 5.92 Å². The standard InChI is InChI=1S/C17H28N4O/c1-2-21-12-15(11-19-21)13-6-8-20(9-7-13)17(22)14-4-3-5-16(18)10-14/h11-14,16H,2-10,18H2,1H3/t14-,16+/m0/s1. The van der Waals surface area contributed by atoms with Crippen molar-refractivity contribution in [3.63, 3.8) is 0 Å². The first kappa shape index (κ1) is 15.5. The Kier molecular flexibility index (Phi) is 4.81. The van der Waals surface area contributed by atoms with Crippen molar-refractivity contribution in [3.05, 3.63) is 18.0 Å². The lowest BCUT2D eigenvalue weighted by Gasteiger charge is -2.36. The van der Waals surface area contributed by atoms with Crippen molar-refractivity contribution in [2.24, 2.45) is 11.7 Å². The van der Waals surface area contributed by atoms with Crippen LogP contribution in [-0.2, 0) is 11.3 Å². The third kappa shape index (κ3) is 3.35. The van der Waals surface area contributed by atoms with E-state index in [2.05, 4.69) is 23.1 Å². The lowest BCUT2D eigenvalue weighted by atomic mass is 9.84. The molecule has 0 unspecified atom stereocenters. The molecule has 1 amide bonds. The molecular formula is C17H28N4O. The summed E-state index contributed by atoms with van der Waals surface area (Å²) in [5.74, 6) is 1.07. The molecule has 22 heavy (non-hydrogen) atoms. The third-order valence-corrected chi connectivity index (χ3v) is 5.32. The van der Waals surface area contributed by atoms with E-state index in [0.717, 1.165) is 58.2 Å². The number of aromatic nitrogens is 2. The molecule has 0 bridgehead atoms. The minimum atomic E-state index is 0.170. The SMILES string of the molecule is CCn1cc(C2CCN(C(=O)[C@H]3CCC[C@@H](N)C3)CC2)cn1. The van der Waals surface area contributed by atoms with Crippen molar-refractivity contribution in [3.8, 4) is 0 Å². The van der Waals surface area contributed by atoms with E-state index in [1.54, 1.807) is 0 Å². The Labute approximate surface area is 132 Å². The van der Waals surface area contributed by atoms with Gasteiger partial charge in [-0.3, -0.25) is 9.48 Å². The smallest absolute Gasteiger partial charge is 0.225 e. The number of hydrogen-bond acceptors (Lipinski definition) is 3.